The van der Waals surface area contributed by atoms with Gasteiger partial charge in [-0.1, -0.05) is 17.7 Å². The van der Waals surface area contributed by atoms with Crippen LogP contribution in [0, 0.1) is 0 Å². The molecule has 0 saturated carbocycles. The third-order valence-corrected chi connectivity index (χ3v) is 3.58. The summed E-state index contributed by atoms with van der Waals surface area (Å²) in [6.07, 6.45) is 2.93. The second kappa shape index (κ2) is 6.62. The lowest BCUT2D eigenvalue weighted by atomic mass is 10.1. The molecule has 23 heavy (non-hydrogen) atoms. The van der Waals surface area contributed by atoms with Crippen molar-refractivity contribution in [3.05, 3.63) is 53.1 Å². The van der Waals surface area contributed by atoms with E-state index in [1.54, 1.807) is 29.2 Å². The monoisotopic (exact) mass is 331 g/mol. The van der Waals surface area contributed by atoms with Crippen LogP contribution < -0.4 is 15.5 Å². The van der Waals surface area contributed by atoms with Crippen LogP contribution in [0.15, 0.2) is 36.7 Å². The highest BCUT2D eigenvalue weighted by atomic mass is 35.5. The van der Waals surface area contributed by atoms with Crippen molar-refractivity contribution in [2.75, 3.05) is 18.0 Å². The first kappa shape index (κ1) is 15.2. The molecule has 3 amide bonds. The zero-order valence-corrected chi connectivity index (χ0v) is 12.9. The lowest BCUT2D eigenvalue weighted by Gasteiger charge is -2.15. The maximum absolute atomic E-state index is 12.2. The molecular weight excluding hydrogens is 318 g/mol. The first-order valence-corrected chi connectivity index (χ1v) is 7.41. The van der Waals surface area contributed by atoms with Gasteiger partial charge in [-0.15, -0.1) is 0 Å². The lowest BCUT2D eigenvalue weighted by molar-refractivity contribution is 0.0950. The Balaban J connectivity index is 1.67. The van der Waals surface area contributed by atoms with Crippen molar-refractivity contribution in [1.82, 2.24) is 20.6 Å². The van der Waals surface area contributed by atoms with Gasteiger partial charge >= 0.3 is 6.03 Å². The quantitative estimate of drug-likeness (QED) is 0.890. The summed E-state index contributed by atoms with van der Waals surface area (Å²) in [4.78, 5) is 33.5. The van der Waals surface area contributed by atoms with Gasteiger partial charge in [-0.05, 0) is 18.2 Å². The minimum Gasteiger partial charge on any atom is -0.346 e. The van der Waals surface area contributed by atoms with E-state index in [1.165, 1.54) is 12.4 Å². The number of halogens is 1. The van der Waals surface area contributed by atoms with Crippen molar-refractivity contribution in [3.63, 3.8) is 0 Å². The maximum atomic E-state index is 12.2. The second-order valence-corrected chi connectivity index (χ2v) is 5.33. The molecule has 0 bridgehead atoms. The Morgan fingerprint density at radius 1 is 1.35 bits per heavy atom. The molecule has 1 saturated heterocycles. The molecule has 0 aliphatic carbocycles. The van der Waals surface area contributed by atoms with Gasteiger partial charge in [-0.3, -0.25) is 14.7 Å². The first-order valence-electron chi connectivity index (χ1n) is 7.03. The van der Waals surface area contributed by atoms with Crippen LogP contribution in [0.1, 0.15) is 16.1 Å². The molecule has 1 aromatic heterocycles. The van der Waals surface area contributed by atoms with Crippen LogP contribution in [0.2, 0.25) is 5.15 Å². The molecule has 2 heterocycles. The van der Waals surface area contributed by atoms with E-state index in [9.17, 15) is 9.59 Å². The van der Waals surface area contributed by atoms with Gasteiger partial charge in [0, 0.05) is 24.3 Å². The topological polar surface area (TPSA) is 87.2 Å². The Bertz CT molecular complexity index is 735. The summed E-state index contributed by atoms with van der Waals surface area (Å²) in [5.41, 5.74) is 1.78. The highest BCUT2D eigenvalue weighted by molar-refractivity contribution is 6.29. The maximum Gasteiger partial charge on any atom is 0.321 e. The summed E-state index contributed by atoms with van der Waals surface area (Å²) >= 11 is 5.66. The zero-order chi connectivity index (χ0) is 16.2. The van der Waals surface area contributed by atoms with Gasteiger partial charge in [-0.2, -0.15) is 0 Å². The SMILES string of the molecule is O=C(NCc1cnc(Cl)cn1)c1cccc(N2CCNC2=O)c1. The molecular formula is C15H14ClN5O2. The number of amides is 3. The smallest absolute Gasteiger partial charge is 0.321 e. The van der Waals surface area contributed by atoms with Crippen molar-refractivity contribution in [3.8, 4) is 0 Å². The third kappa shape index (κ3) is 3.57. The van der Waals surface area contributed by atoms with Crippen LogP contribution in [-0.4, -0.2) is 35.0 Å². The fourth-order valence-corrected chi connectivity index (χ4v) is 2.33. The van der Waals surface area contributed by atoms with Crippen molar-refractivity contribution in [2.24, 2.45) is 0 Å². The van der Waals surface area contributed by atoms with Crippen molar-refractivity contribution < 1.29 is 9.59 Å². The number of hydrogen-bond donors (Lipinski definition) is 2. The average molecular weight is 332 g/mol. The predicted octanol–water partition coefficient (Wildman–Crippen LogP) is 1.59. The van der Waals surface area contributed by atoms with Gasteiger partial charge in [0.1, 0.15) is 5.15 Å². The van der Waals surface area contributed by atoms with Gasteiger partial charge in [0.15, 0.2) is 0 Å². The van der Waals surface area contributed by atoms with Crippen LogP contribution in [0.4, 0.5) is 10.5 Å². The van der Waals surface area contributed by atoms with Crippen LogP contribution in [-0.2, 0) is 6.54 Å². The predicted molar refractivity (Wildman–Crippen MR) is 85.4 cm³/mol. The number of nitrogens with one attached hydrogen (secondary N) is 2. The number of aromatic nitrogens is 2. The van der Waals surface area contributed by atoms with Crippen molar-refractivity contribution in [2.45, 2.75) is 6.54 Å². The minimum absolute atomic E-state index is 0.154. The highest BCUT2D eigenvalue weighted by Crippen LogP contribution is 2.18. The summed E-state index contributed by atoms with van der Waals surface area (Å²) in [5.74, 6) is -0.247. The molecule has 0 spiro atoms. The molecule has 2 N–H and O–H groups in total. The Labute approximate surface area is 137 Å². The largest absolute Gasteiger partial charge is 0.346 e. The van der Waals surface area contributed by atoms with E-state index >= 15 is 0 Å². The van der Waals surface area contributed by atoms with E-state index in [-0.39, 0.29) is 18.5 Å². The summed E-state index contributed by atoms with van der Waals surface area (Å²) in [6.45, 7) is 1.44. The number of carbonyl (C=O) groups is 2. The average Bonchev–Trinajstić information content (AvgIpc) is 3.00. The summed E-state index contributed by atoms with van der Waals surface area (Å²) in [7, 11) is 0. The molecule has 0 radical (unpaired) electrons. The number of urea groups is 1. The highest BCUT2D eigenvalue weighted by Gasteiger charge is 2.21. The number of anilines is 1. The summed E-state index contributed by atoms with van der Waals surface area (Å²) in [5, 5.41) is 5.79. The molecule has 0 atom stereocenters. The molecule has 3 rings (SSSR count). The third-order valence-electron chi connectivity index (χ3n) is 3.38. The molecule has 118 valence electrons. The van der Waals surface area contributed by atoms with E-state index in [1.807, 2.05) is 0 Å². The van der Waals surface area contributed by atoms with Crippen molar-refractivity contribution >= 4 is 29.2 Å². The van der Waals surface area contributed by atoms with E-state index in [0.717, 1.165) is 0 Å². The van der Waals surface area contributed by atoms with Gasteiger partial charge in [-0.25, -0.2) is 9.78 Å². The Hall–Kier alpha value is -2.67. The molecule has 1 aliphatic rings. The Morgan fingerprint density at radius 2 is 2.22 bits per heavy atom. The number of carbonyl (C=O) groups excluding carboxylic acids is 2. The van der Waals surface area contributed by atoms with Gasteiger partial charge in [0.2, 0.25) is 0 Å². The number of hydrogen-bond acceptors (Lipinski definition) is 4. The van der Waals surface area contributed by atoms with Crippen LogP contribution in [0.3, 0.4) is 0 Å². The van der Waals surface area contributed by atoms with Gasteiger partial charge in [0.25, 0.3) is 5.91 Å². The fourth-order valence-electron chi connectivity index (χ4n) is 2.24. The van der Waals surface area contributed by atoms with Gasteiger partial charge in [0.05, 0.1) is 24.6 Å². The fraction of sp³-hybridized carbons (Fsp3) is 0.200. The standard InChI is InChI=1S/C15H14ClN5O2/c16-13-9-18-11(7-19-13)8-20-14(22)10-2-1-3-12(6-10)21-5-4-17-15(21)23/h1-3,6-7,9H,4-5,8H2,(H,17,23)(H,20,22). The van der Waals surface area contributed by atoms with E-state index < -0.39 is 0 Å². The molecule has 7 nitrogen and oxygen atoms in total. The molecule has 8 heteroatoms. The van der Waals surface area contributed by atoms with Crippen LogP contribution in [0.5, 0.6) is 0 Å². The lowest BCUT2D eigenvalue weighted by Crippen LogP contribution is -2.28. The van der Waals surface area contributed by atoms with Crippen molar-refractivity contribution in [1.29, 1.82) is 0 Å². The van der Waals surface area contributed by atoms with Crippen LogP contribution in [0.25, 0.3) is 0 Å². The molecule has 1 aromatic carbocycles. The molecule has 0 unspecified atom stereocenters. The number of nitrogens with zero attached hydrogens (tertiary/aromatic N) is 3. The zero-order valence-electron chi connectivity index (χ0n) is 12.1. The molecule has 1 aliphatic heterocycles. The van der Waals surface area contributed by atoms with E-state index in [0.29, 0.717) is 35.2 Å². The van der Waals surface area contributed by atoms with Crippen LogP contribution >= 0.6 is 11.6 Å². The summed E-state index contributed by atoms with van der Waals surface area (Å²) in [6, 6.07) is 6.78. The minimum atomic E-state index is -0.247. The Morgan fingerprint density at radius 3 is 2.91 bits per heavy atom. The van der Waals surface area contributed by atoms with Gasteiger partial charge < -0.3 is 10.6 Å². The Kier molecular flexibility index (Phi) is 4.38. The molecule has 2 aromatic rings. The summed E-state index contributed by atoms with van der Waals surface area (Å²) < 4.78 is 0. The number of rotatable bonds is 4. The second-order valence-electron chi connectivity index (χ2n) is 4.95. The first-order chi connectivity index (χ1) is 11.1. The number of benzene rings is 1. The molecule has 1 fully saturated rings. The normalized spacial score (nSPS) is 13.8. The van der Waals surface area contributed by atoms with E-state index in [2.05, 4.69) is 20.6 Å². The van der Waals surface area contributed by atoms with E-state index in [4.69, 9.17) is 11.6 Å².